The Labute approximate surface area is 57.4 Å². The molecular weight excluding hydrogens is 112 g/mol. The molecule has 0 bridgehead atoms. The van der Waals surface area contributed by atoms with Crippen molar-refractivity contribution >= 4 is 0 Å². The van der Waals surface area contributed by atoms with Crippen LogP contribution in [0.1, 0.15) is 26.7 Å². The summed E-state index contributed by atoms with van der Waals surface area (Å²) in [4.78, 5) is 0. The quantitative estimate of drug-likeness (QED) is 0.574. The molecule has 0 rings (SSSR count). The summed E-state index contributed by atoms with van der Waals surface area (Å²) in [7, 11) is 0. The highest BCUT2D eigenvalue weighted by Crippen LogP contribution is 2.00. The maximum atomic E-state index is 8.60. The smallest absolute Gasteiger partial charge is 0.0459 e. The Morgan fingerprint density at radius 3 is 2.56 bits per heavy atom. The van der Waals surface area contributed by atoms with E-state index in [1.807, 2.05) is 6.92 Å². The Bertz CT molecular complexity index is 76.6. The van der Waals surface area contributed by atoms with Gasteiger partial charge in [0.05, 0.1) is 0 Å². The first-order valence-electron chi connectivity index (χ1n) is 3.57. The summed E-state index contributed by atoms with van der Waals surface area (Å²) in [6, 6.07) is 0. The fourth-order valence-corrected chi connectivity index (χ4v) is 0.570. The van der Waals surface area contributed by atoms with Gasteiger partial charge in [-0.25, -0.2) is 0 Å². The van der Waals surface area contributed by atoms with Crippen LogP contribution in [0.2, 0.25) is 0 Å². The average Bonchev–Trinajstić information content (AvgIpc) is 1.89. The van der Waals surface area contributed by atoms with Gasteiger partial charge in [-0.15, -0.1) is 0 Å². The SMILES string of the molecule is CC/C=C\C[C@H](C)CO. The molecule has 1 nitrogen and oxygen atoms in total. The van der Waals surface area contributed by atoms with Crippen LogP contribution in [0.4, 0.5) is 0 Å². The minimum Gasteiger partial charge on any atom is -0.396 e. The van der Waals surface area contributed by atoms with Crippen molar-refractivity contribution in [2.75, 3.05) is 6.61 Å². The molecule has 0 amide bonds. The molecular formula is C8H16O. The van der Waals surface area contributed by atoms with Crippen LogP contribution in [0.5, 0.6) is 0 Å². The number of aliphatic hydroxyl groups excluding tert-OH is 1. The predicted molar refractivity (Wildman–Crippen MR) is 40.3 cm³/mol. The van der Waals surface area contributed by atoms with Gasteiger partial charge in [0.25, 0.3) is 0 Å². The molecule has 0 aliphatic heterocycles. The lowest BCUT2D eigenvalue weighted by molar-refractivity contribution is 0.239. The maximum absolute atomic E-state index is 8.60. The zero-order valence-corrected chi connectivity index (χ0v) is 6.30. The van der Waals surface area contributed by atoms with Gasteiger partial charge in [0.15, 0.2) is 0 Å². The van der Waals surface area contributed by atoms with E-state index in [0.717, 1.165) is 12.8 Å². The lowest BCUT2D eigenvalue weighted by Gasteiger charge is -2.00. The summed E-state index contributed by atoms with van der Waals surface area (Å²) in [5.74, 6) is 0.424. The van der Waals surface area contributed by atoms with Crippen LogP contribution < -0.4 is 0 Å². The number of allylic oxidation sites excluding steroid dienone is 2. The zero-order valence-electron chi connectivity index (χ0n) is 6.30. The van der Waals surface area contributed by atoms with Crippen molar-refractivity contribution in [3.05, 3.63) is 12.2 Å². The van der Waals surface area contributed by atoms with Gasteiger partial charge in [-0.1, -0.05) is 26.0 Å². The van der Waals surface area contributed by atoms with Gasteiger partial charge in [0.1, 0.15) is 0 Å². The Balaban J connectivity index is 3.15. The Morgan fingerprint density at radius 2 is 2.11 bits per heavy atom. The van der Waals surface area contributed by atoms with Gasteiger partial charge in [0.2, 0.25) is 0 Å². The van der Waals surface area contributed by atoms with E-state index in [0.29, 0.717) is 12.5 Å². The molecule has 0 unspecified atom stereocenters. The Hall–Kier alpha value is -0.300. The number of aliphatic hydroxyl groups is 1. The summed E-state index contributed by atoms with van der Waals surface area (Å²) in [5.41, 5.74) is 0. The summed E-state index contributed by atoms with van der Waals surface area (Å²) in [6.45, 7) is 4.45. The van der Waals surface area contributed by atoms with Crippen molar-refractivity contribution in [3.8, 4) is 0 Å². The number of hydrogen-bond acceptors (Lipinski definition) is 1. The highest BCUT2D eigenvalue weighted by atomic mass is 16.3. The summed E-state index contributed by atoms with van der Waals surface area (Å²) in [5, 5.41) is 8.60. The van der Waals surface area contributed by atoms with E-state index >= 15 is 0 Å². The molecule has 0 spiro atoms. The van der Waals surface area contributed by atoms with Crippen LogP contribution in [0, 0.1) is 5.92 Å². The second-order valence-electron chi connectivity index (χ2n) is 2.40. The van der Waals surface area contributed by atoms with E-state index in [-0.39, 0.29) is 0 Å². The molecule has 1 heteroatoms. The lowest BCUT2D eigenvalue weighted by atomic mass is 10.1. The third kappa shape index (κ3) is 5.57. The molecule has 0 saturated carbocycles. The number of rotatable bonds is 4. The van der Waals surface area contributed by atoms with E-state index in [2.05, 4.69) is 19.1 Å². The molecule has 1 N–H and O–H groups in total. The Kier molecular flexibility index (Phi) is 5.64. The van der Waals surface area contributed by atoms with Gasteiger partial charge >= 0.3 is 0 Å². The highest BCUT2D eigenvalue weighted by molar-refractivity contribution is 4.81. The van der Waals surface area contributed by atoms with Crippen molar-refractivity contribution in [1.29, 1.82) is 0 Å². The Morgan fingerprint density at radius 1 is 1.44 bits per heavy atom. The molecule has 0 aromatic rings. The molecule has 0 aromatic carbocycles. The van der Waals surface area contributed by atoms with Gasteiger partial charge in [-0.05, 0) is 18.8 Å². The fraction of sp³-hybridized carbons (Fsp3) is 0.750. The predicted octanol–water partition coefficient (Wildman–Crippen LogP) is 1.97. The molecule has 0 heterocycles. The number of hydrogen-bond donors (Lipinski definition) is 1. The van der Waals surface area contributed by atoms with Crippen molar-refractivity contribution in [1.82, 2.24) is 0 Å². The largest absolute Gasteiger partial charge is 0.396 e. The monoisotopic (exact) mass is 128 g/mol. The minimum absolute atomic E-state index is 0.300. The minimum atomic E-state index is 0.300. The van der Waals surface area contributed by atoms with E-state index in [4.69, 9.17) is 5.11 Å². The van der Waals surface area contributed by atoms with Crippen molar-refractivity contribution < 1.29 is 5.11 Å². The van der Waals surface area contributed by atoms with E-state index in [9.17, 15) is 0 Å². The third-order valence-electron chi connectivity index (χ3n) is 1.25. The normalized spacial score (nSPS) is 14.6. The maximum Gasteiger partial charge on any atom is 0.0459 e. The van der Waals surface area contributed by atoms with Crippen LogP contribution in [0.25, 0.3) is 0 Å². The highest BCUT2D eigenvalue weighted by Gasteiger charge is 1.93. The van der Waals surface area contributed by atoms with Crippen LogP contribution in [0.3, 0.4) is 0 Å². The standard InChI is InChI=1S/C8H16O/c1-3-4-5-6-8(2)7-9/h4-5,8-9H,3,6-7H2,1-2H3/b5-4-/t8-/m0/s1. The summed E-state index contributed by atoms with van der Waals surface area (Å²) in [6.07, 6.45) is 6.36. The van der Waals surface area contributed by atoms with Gasteiger partial charge in [-0.2, -0.15) is 0 Å². The molecule has 0 radical (unpaired) electrons. The van der Waals surface area contributed by atoms with Crippen LogP contribution in [0.15, 0.2) is 12.2 Å². The van der Waals surface area contributed by atoms with Gasteiger partial charge < -0.3 is 5.11 Å². The molecule has 54 valence electrons. The van der Waals surface area contributed by atoms with Crippen LogP contribution in [-0.2, 0) is 0 Å². The fourth-order valence-electron chi connectivity index (χ4n) is 0.570. The van der Waals surface area contributed by atoms with Crippen LogP contribution >= 0.6 is 0 Å². The van der Waals surface area contributed by atoms with Crippen molar-refractivity contribution in [2.24, 2.45) is 5.92 Å². The second kappa shape index (κ2) is 5.83. The molecule has 0 aromatic heterocycles. The van der Waals surface area contributed by atoms with Crippen LogP contribution in [-0.4, -0.2) is 11.7 Å². The molecule has 0 aliphatic rings. The second-order valence-corrected chi connectivity index (χ2v) is 2.40. The molecule has 9 heavy (non-hydrogen) atoms. The van der Waals surface area contributed by atoms with Gasteiger partial charge in [0, 0.05) is 6.61 Å². The first-order valence-corrected chi connectivity index (χ1v) is 3.57. The van der Waals surface area contributed by atoms with Crippen molar-refractivity contribution in [2.45, 2.75) is 26.7 Å². The molecule has 0 fully saturated rings. The lowest BCUT2D eigenvalue weighted by Crippen LogP contribution is -1.97. The van der Waals surface area contributed by atoms with E-state index in [1.54, 1.807) is 0 Å². The van der Waals surface area contributed by atoms with E-state index < -0.39 is 0 Å². The third-order valence-corrected chi connectivity index (χ3v) is 1.25. The van der Waals surface area contributed by atoms with Gasteiger partial charge in [-0.3, -0.25) is 0 Å². The van der Waals surface area contributed by atoms with E-state index in [1.165, 1.54) is 0 Å². The summed E-state index contributed by atoms with van der Waals surface area (Å²) < 4.78 is 0. The average molecular weight is 128 g/mol. The molecule has 1 atom stereocenters. The molecule has 0 aliphatic carbocycles. The summed E-state index contributed by atoms with van der Waals surface area (Å²) >= 11 is 0. The molecule has 0 saturated heterocycles. The zero-order chi connectivity index (χ0) is 7.11. The first kappa shape index (κ1) is 8.70. The topological polar surface area (TPSA) is 20.2 Å². The van der Waals surface area contributed by atoms with Crippen molar-refractivity contribution in [3.63, 3.8) is 0 Å². The first-order chi connectivity index (χ1) is 4.31.